The first-order chi connectivity index (χ1) is 16.3. The second-order valence-electron chi connectivity index (χ2n) is 10.8. The zero-order valence-corrected chi connectivity index (χ0v) is 20.4. The molecule has 0 N–H and O–H groups in total. The fourth-order valence-electron chi connectivity index (χ4n) is 5.18. The molecule has 35 heavy (non-hydrogen) atoms. The van der Waals surface area contributed by atoms with Gasteiger partial charge in [-0.1, -0.05) is 31.4 Å². The van der Waals surface area contributed by atoms with Crippen LogP contribution in [0.3, 0.4) is 0 Å². The molecule has 2 aliphatic heterocycles. The summed E-state index contributed by atoms with van der Waals surface area (Å²) in [5.41, 5.74) is -2.24. The van der Waals surface area contributed by atoms with E-state index in [1.54, 1.807) is 25.7 Å². The number of hydrogen-bond acceptors (Lipinski definition) is 4. The molecule has 10 heteroatoms. The molecule has 4 rings (SSSR count). The summed E-state index contributed by atoms with van der Waals surface area (Å²) in [6.45, 7) is 5.17. The van der Waals surface area contributed by atoms with Crippen LogP contribution in [0.5, 0.6) is 0 Å². The number of likely N-dealkylation sites (tertiary alicyclic amines) is 1. The Kier molecular flexibility index (Phi) is 6.53. The molecule has 2 heterocycles. The van der Waals surface area contributed by atoms with Gasteiger partial charge < -0.3 is 19.4 Å². The summed E-state index contributed by atoms with van der Waals surface area (Å²) in [6.07, 6.45) is -0.256. The van der Waals surface area contributed by atoms with Crippen molar-refractivity contribution in [1.29, 1.82) is 0 Å². The minimum atomic E-state index is -4.46. The number of piperazine rings is 1. The average Bonchev–Trinajstić information content (AvgIpc) is 2.74. The van der Waals surface area contributed by atoms with E-state index in [2.05, 4.69) is 0 Å². The highest BCUT2D eigenvalue weighted by atomic mass is 19.4. The van der Waals surface area contributed by atoms with Crippen molar-refractivity contribution >= 4 is 17.9 Å². The summed E-state index contributed by atoms with van der Waals surface area (Å²) in [6, 6.07) is 4.58. The minimum Gasteiger partial charge on any atom is -0.444 e. The molecule has 2 saturated heterocycles. The zero-order chi connectivity index (χ0) is 25.6. The lowest BCUT2D eigenvalue weighted by molar-refractivity contribution is -0.181. The van der Waals surface area contributed by atoms with E-state index in [1.807, 2.05) is 0 Å². The molecule has 0 atom stereocenters. The van der Waals surface area contributed by atoms with Crippen LogP contribution < -0.4 is 0 Å². The number of rotatable bonds is 3. The van der Waals surface area contributed by atoms with E-state index in [0.29, 0.717) is 5.56 Å². The number of amides is 3. The van der Waals surface area contributed by atoms with Crippen LogP contribution in [-0.2, 0) is 27.0 Å². The van der Waals surface area contributed by atoms with Crippen molar-refractivity contribution in [2.75, 3.05) is 19.6 Å². The number of carbonyl (C=O) groups is 3. The first kappa shape index (κ1) is 25.3. The quantitative estimate of drug-likeness (QED) is 0.630. The van der Waals surface area contributed by atoms with Crippen LogP contribution in [0.25, 0.3) is 0 Å². The first-order valence-corrected chi connectivity index (χ1v) is 12.1. The average molecular weight is 496 g/mol. The van der Waals surface area contributed by atoms with Crippen molar-refractivity contribution in [2.45, 2.75) is 82.8 Å². The highest BCUT2D eigenvalue weighted by Crippen LogP contribution is 2.38. The van der Waals surface area contributed by atoms with E-state index in [-0.39, 0.29) is 44.0 Å². The van der Waals surface area contributed by atoms with Gasteiger partial charge in [0.1, 0.15) is 12.1 Å². The third-order valence-corrected chi connectivity index (χ3v) is 6.98. The van der Waals surface area contributed by atoms with Crippen LogP contribution in [0.4, 0.5) is 18.0 Å². The number of halogens is 3. The van der Waals surface area contributed by atoms with Gasteiger partial charge in [0.05, 0.1) is 18.7 Å². The summed E-state index contributed by atoms with van der Waals surface area (Å²) in [7, 11) is 0. The fraction of sp³-hybridized carbons (Fsp3) is 0.640. The Bertz CT molecular complexity index is 975. The second-order valence-corrected chi connectivity index (χ2v) is 10.8. The number of benzene rings is 1. The van der Waals surface area contributed by atoms with Gasteiger partial charge in [-0.15, -0.1) is 0 Å². The Hall–Kier alpha value is -2.78. The lowest BCUT2D eigenvalue weighted by atomic mass is 9.81. The Morgan fingerprint density at radius 3 is 2.17 bits per heavy atom. The number of ether oxygens (including phenoxy) is 1. The van der Waals surface area contributed by atoms with Gasteiger partial charge in [-0.3, -0.25) is 9.59 Å². The topological polar surface area (TPSA) is 70.2 Å². The lowest BCUT2D eigenvalue weighted by Gasteiger charge is -2.58. The maximum atomic E-state index is 13.8. The maximum absolute atomic E-state index is 13.8. The molecule has 7 nitrogen and oxygen atoms in total. The van der Waals surface area contributed by atoms with Crippen LogP contribution in [0.15, 0.2) is 24.3 Å². The van der Waals surface area contributed by atoms with Crippen molar-refractivity contribution in [3.05, 3.63) is 35.4 Å². The van der Waals surface area contributed by atoms with E-state index < -0.39 is 29.0 Å². The Labute approximate surface area is 203 Å². The number of hydrogen-bond donors (Lipinski definition) is 0. The molecule has 1 aromatic carbocycles. The first-order valence-electron chi connectivity index (χ1n) is 12.1. The molecule has 0 unspecified atom stereocenters. The molecule has 3 fully saturated rings. The molecule has 3 amide bonds. The third-order valence-electron chi connectivity index (χ3n) is 6.98. The van der Waals surface area contributed by atoms with E-state index in [4.69, 9.17) is 4.74 Å². The number of nitrogens with zero attached hydrogens (tertiary/aromatic N) is 3. The van der Waals surface area contributed by atoms with Crippen molar-refractivity contribution in [1.82, 2.24) is 14.7 Å². The molecular formula is C25H32F3N3O4. The third kappa shape index (κ3) is 5.11. The van der Waals surface area contributed by atoms with Crippen LogP contribution in [0.1, 0.15) is 64.0 Å². The van der Waals surface area contributed by atoms with Gasteiger partial charge in [0.2, 0.25) is 5.91 Å². The van der Waals surface area contributed by atoms with Gasteiger partial charge >= 0.3 is 12.3 Å². The number of alkyl halides is 3. The largest absolute Gasteiger partial charge is 0.444 e. The van der Waals surface area contributed by atoms with Gasteiger partial charge in [0.15, 0.2) is 5.54 Å². The minimum absolute atomic E-state index is 0.00363. The molecule has 1 aliphatic carbocycles. The van der Waals surface area contributed by atoms with Gasteiger partial charge in [-0.25, -0.2) is 4.79 Å². The Balaban J connectivity index is 1.58. The molecule has 1 saturated carbocycles. The van der Waals surface area contributed by atoms with Gasteiger partial charge in [0, 0.05) is 12.6 Å². The smallest absolute Gasteiger partial charge is 0.416 e. The molecule has 192 valence electrons. The summed E-state index contributed by atoms with van der Waals surface area (Å²) >= 11 is 0. The van der Waals surface area contributed by atoms with Gasteiger partial charge in [-0.05, 0) is 51.3 Å². The summed E-state index contributed by atoms with van der Waals surface area (Å²) in [5.74, 6) is -0.463. The van der Waals surface area contributed by atoms with Gasteiger partial charge in [0.25, 0.3) is 5.91 Å². The molecule has 0 bridgehead atoms. The molecule has 0 aromatic heterocycles. The van der Waals surface area contributed by atoms with Crippen molar-refractivity contribution < 1.29 is 32.3 Å². The van der Waals surface area contributed by atoms with Crippen LogP contribution in [-0.4, -0.2) is 69.4 Å². The van der Waals surface area contributed by atoms with Crippen LogP contribution in [0.2, 0.25) is 0 Å². The van der Waals surface area contributed by atoms with Crippen molar-refractivity contribution in [3.8, 4) is 0 Å². The lowest BCUT2D eigenvalue weighted by Crippen LogP contribution is -2.81. The summed E-state index contributed by atoms with van der Waals surface area (Å²) in [4.78, 5) is 44.3. The van der Waals surface area contributed by atoms with E-state index in [1.165, 1.54) is 21.9 Å². The molecule has 3 aliphatic rings. The van der Waals surface area contributed by atoms with Crippen LogP contribution in [0, 0.1) is 0 Å². The monoisotopic (exact) mass is 495 g/mol. The second kappa shape index (κ2) is 9.02. The number of carbonyl (C=O) groups excluding carboxylic acids is 3. The summed E-state index contributed by atoms with van der Waals surface area (Å²) < 4.78 is 44.3. The van der Waals surface area contributed by atoms with E-state index >= 15 is 0 Å². The molecule has 1 aromatic rings. The van der Waals surface area contributed by atoms with Crippen molar-refractivity contribution in [3.63, 3.8) is 0 Å². The van der Waals surface area contributed by atoms with Crippen LogP contribution >= 0.6 is 0 Å². The van der Waals surface area contributed by atoms with Crippen molar-refractivity contribution in [2.24, 2.45) is 0 Å². The fourth-order valence-corrected chi connectivity index (χ4v) is 5.18. The van der Waals surface area contributed by atoms with Gasteiger partial charge in [-0.2, -0.15) is 13.2 Å². The molecule has 1 spiro atoms. The SMILES string of the molecule is CC(C)(C)OC(=O)N1CC2(C1)C(=O)N(C1CCCCC1)CC(=O)N2Cc1ccc(C(F)(F)F)cc1. The van der Waals surface area contributed by atoms with E-state index in [0.717, 1.165) is 44.2 Å². The molecule has 0 radical (unpaired) electrons. The predicted octanol–water partition coefficient (Wildman–Crippen LogP) is 4.20. The molecular weight excluding hydrogens is 463 g/mol. The highest BCUT2D eigenvalue weighted by Gasteiger charge is 2.61. The zero-order valence-electron chi connectivity index (χ0n) is 20.4. The highest BCUT2D eigenvalue weighted by molar-refractivity contribution is 6.00. The maximum Gasteiger partial charge on any atom is 0.416 e. The standard InChI is InChI=1S/C25H32F3N3O4/c1-23(2,3)35-22(34)29-15-24(16-29)21(33)30(19-7-5-4-6-8-19)14-20(32)31(24)13-17-9-11-18(12-10-17)25(26,27)28/h9-12,19H,4-8,13-16H2,1-3H3. The normalized spacial score (nSPS) is 21.4. The predicted molar refractivity (Wildman–Crippen MR) is 121 cm³/mol. The summed E-state index contributed by atoms with van der Waals surface area (Å²) in [5, 5.41) is 0. The Morgan fingerprint density at radius 1 is 1.03 bits per heavy atom. The van der Waals surface area contributed by atoms with E-state index in [9.17, 15) is 27.6 Å². The Morgan fingerprint density at radius 2 is 1.63 bits per heavy atom.